The second-order valence-corrected chi connectivity index (χ2v) is 12.7. The van der Waals surface area contributed by atoms with E-state index in [0.29, 0.717) is 69.4 Å². The number of nitrogens with two attached hydrogens (primary N) is 2. The fraction of sp³-hybridized carbons (Fsp3) is 0.297. The Hall–Kier alpha value is -6.98. The Morgan fingerprint density at radius 1 is 0.782 bits per heavy atom. The third-order valence-electron chi connectivity index (χ3n) is 9.07. The molecule has 5 N–H and O–H groups in total. The van der Waals surface area contributed by atoms with Gasteiger partial charge in [0, 0.05) is 44.4 Å². The van der Waals surface area contributed by atoms with Crippen molar-refractivity contribution in [1.82, 2.24) is 38.2 Å². The predicted octanol–water partition coefficient (Wildman–Crippen LogP) is 2.84. The molecule has 18 nitrogen and oxygen atoms in total. The van der Waals surface area contributed by atoms with Gasteiger partial charge in [-0.2, -0.15) is 15.2 Å². The van der Waals surface area contributed by atoms with Crippen LogP contribution in [0.3, 0.4) is 0 Å². The van der Waals surface area contributed by atoms with E-state index >= 15 is 0 Å². The van der Waals surface area contributed by atoms with Crippen molar-refractivity contribution in [3.05, 3.63) is 88.1 Å². The summed E-state index contributed by atoms with van der Waals surface area (Å²) in [5.41, 5.74) is 16.0. The molecule has 6 aromatic rings. The summed E-state index contributed by atoms with van der Waals surface area (Å²) in [6, 6.07) is 9.57. The Morgan fingerprint density at radius 2 is 1.33 bits per heavy atom. The maximum absolute atomic E-state index is 13.7. The second-order valence-electron chi connectivity index (χ2n) is 12.7. The molecule has 0 spiro atoms. The molecule has 4 amide bonds. The second kappa shape index (κ2) is 15.2. The average molecular weight is 751 g/mol. The highest BCUT2D eigenvalue weighted by Crippen LogP contribution is 2.31. The number of allylic oxidation sites excluding steroid dienone is 2. The number of hydrogen-bond donors (Lipinski definition) is 3. The molecule has 0 saturated carbocycles. The Kier molecular flexibility index (Phi) is 10.4. The number of imidazole rings is 2. The first-order chi connectivity index (χ1) is 26.3. The van der Waals surface area contributed by atoms with Gasteiger partial charge >= 0.3 is 0 Å². The van der Waals surface area contributed by atoms with Crippen LogP contribution in [-0.2, 0) is 33.2 Å². The molecule has 55 heavy (non-hydrogen) atoms. The zero-order valence-corrected chi connectivity index (χ0v) is 31.6. The largest absolute Gasteiger partial charge is 0.494 e. The summed E-state index contributed by atoms with van der Waals surface area (Å²) >= 11 is 0. The van der Waals surface area contributed by atoms with Crippen LogP contribution in [0, 0.1) is 13.8 Å². The zero-order valence-electron chi connectivity index (χ0n) is 31.6. The number of benzene rings is 2. The van der Waals surface area contributed by atoms with E-state index in [4.69, 9.17) is 20.9 Å². The molecule has 18 heteroatoms. The van der Waals surface area contributed by atoms with Gasteiger partial charge < -0.3 is 34.6 Å². The van der Waals surface area contributed by atoms with Gasteiger partial charge in [-0.3, -0.25) is 33.9 Å². The highest BCUT2D eigenvalue weighted by Gasteiger charge is 2.22. The van der Waals surface area contributed by atoms with Crippen LogP contribution in [-0.4, -0.2) is 76.1 Å². The lowest BCUT2D eigenvalue weighted by atomic mass is 10.1. The van der Waals surface area contributed by atoms with Crippen molar-refractivity contribution in [3.8, 4) is 11.5 Å². The van der Waals surface area contributed by atoms with Gasteiger partial charge in [0.05, 0.1) is 36.6 Å². The molecule has 2 aromatic carbocycles. The fourth-order valence-electron chi connectivity index (χ4n) is 6.52. The number of rotatable bonds is 13. The van der Waals surface area contributed by atoms with Crippen molar-refractivity contribution in [3.63, 3.8) is 0 Å². The molecule has 0 aliphatic carbocycles. The van der Waals surface area contributed by atoms with Crippen LogP contribution in [0.4, 0.5) is 5.95 Å². The Bertz CT molecular complexity index is 2620. The van der Waals surface area contributed by atoms with Gasteiger partial charge in [0.25, 0.3) is 11.8 Å². The van der Waals surface area contributed by atoms with E-state index < -0.39 is 23.6 Å². The highest BCUT2D eigenvalue weighted by molar-refractivity contribution is 6.04. The number of ether oxygens (including phenoxy) is 2. The van der Waals surface area contributed by atoms with Crippen molar-refractivity contribution >= 4 is 51.6 Å². The van der Waals surface area contributed by atoms with Crippen molar-refractivity contribution < 1.29 is 28.7 Å². The summed E-state index contributed by atoms with van der Waals surface area (Å²) < 4.78 is 19.8. The summed E-state index contributed by atoms with van der Waals surface area (Å²) in [4.78, 5) is 60.8. The van der Waals surface area contributed by atoms with E-state index in [0.717, 1.165) is 0 Å². The van der Waals surface area contributed by atoms with E-state index in [2.05, 4.69) is 25.5 Å². The van der Waals surface area contributed by atoms with E-state index in [1.807, 2.05) is 26.0 Å². The van der Waals surface area contributed by atoms with Crippen molar-refractivity contribution in [2.45, 2.75) is 53.9 Å². The molecule has 0 saturated heterocycles. The van der Waals surface area contributed by atoms with Gasteiger partial charge in [0.15, 0.2) is 0 Å². The van der Waals surface area contributed by atoms with Crippen LogP contribution in [0.5, 0.6) is 11.5 Å². The lowest BCUT2D eigenvalue weighted by Gasteiger charge is -2.11. The molecule has 0 unspecified atom stereocenters. The van der Waals surface area contributed by atoms with E-state index in [1.165, 1.54) is 32.4 Å². The maximum atomic E-state index is 13.7. The van der Waals surface area contributed by atoms with Crippen LogP contribution in [0.25, 0.3) is 22.1 Å². The summed E-state index contributed by atoms with van der Waals surface area (Å²) in [6.45, 7) is 8.69. The van der Waals surface area contributed by atoms with Gasteiger partial charge in [-0.25, -0.2) is 4.98 Å². The number of methoxy groups -OCH3 is 2. The number of primary amides is 2. The third kappa shape index (κ3) is 7.08. The molecular formula is C37H42N12O6. The lowest BCUT2D eigenvalue weighted by molar-refractivity contribution is 0.0980. The molecule has 6 rings (SSSR count). The summed E-state index contributed by atoms with van der Waals surface area (Å²) in [6.07, 6.45) is 3.69. The van der Waals surface area contributed by atoms with Gasteiger partial charge in [-0.05, 0) is 64.1 Å². The minimum atomic E-state index is -0.665. The van der Waals surface area contributed by atoms with Crippen molar-refractivity contribution in [2.24, 2.45) is 23.5 Å². The number of aromatic nitrogens is 8. The van der Waals surface area contributed by atoms with E-state index in [1.54, 1.807) is 62.2 Å². The van der Waals surface area contributed by atoms with Gasteiger partial charge in [0.1, 0.15) is 33.9 Å². The van der Waals surface area contributed by atoms with Gasteiger partial charge in [-0.1, -0.05) is 12.2 Å². The summed E-state index contributed by atoms with van der Waals surface area (Å²) in [5, 5.41) is 11.7. The SMILES string of the molecule is CCn1nc(C)cc1C(=O)/N=c1\n(C)c2cc(C(N)=O)cc(OC)c2n1C/C=C/Cn1c(NC(=O)c2cc(C)nn2CC)nc2cc(C(N)=O)cc(OC)c21. The number of nitrogens with zero attached hydrogens (tertiary/aromatic N) is 9. The van der Waals surface area contributed by atoms with E-state index in [-0.39, 0.29) is 35.8 Å². The molecule has 286 valence electrons. The molecule has 0 fully saturated rings. The highest BCUT2D eigenvalue weighted by atomic mass is 16.5. The Morgan fingerprint density at radius 3 is 1.91 bits per heavy atom. The first kappa shape index (κ1) is 37.8. The number of carbonyl (C=O) groups excluding carboxylic acids is 4. The van der Waals surface area contributed by atoms with Crippen LogP contribution in [0.1, 0.15) is 66.9 Å². The maximum Gasteiger partial charge on any atom is 0.298 e. The molecule has 0 aliphatic rings. The lowest BCUT2D eigenvalue weighted by Crippen LogP contribution is -2.26. The minimum Gasteiger partial charge on any atom is -0.494 e. The van der Waals surface area contributed by atoms with Gasteiger partial charge in [-0.15, -0.1) is 0 Å². The van der Waals surface area contributed by atoms with Crippen molar-refractivity contribution in [2.75, 3.05) is 19.5 Å². The number of amides is 4. The van der Waals surface area contributed by atoms with Crippen LogP contribution in [0.15, 0.2) is 53.5 Å². The monoisotopic (exact) mass is 750 g/mol. The Labute approximate surface area is 314 Å². The smallest absolute Gasteiger partial charge is 0.298 e. The normalized spacial score (nSPS) is 11.9. The molecule has 0 bridgehead atoms. The van der Waals surface area contributed by atoms with Crippen LogP contribution in [0.2, 0.25) is 0 Å². The average Bonchev–Trinajstić information content (AvgIpc) is 3.91. The van der Waals surface area contributed by atoms with Gasteiger partial charge in [0.2, 0.25) is 23.4 Å². The summed E-state index contributed by atoms with van der Waals surface area (Å²) in [7, 11) is 4.67. The minimum absolute atomic E-state index is 0.180. The number of fused-ring (bicyclic) bond motifs is 2. The fourth-order valence-corrected chi connectivity index (χ4v) is 6.52. The number of nitrogens with one attached hydrogen (secondary N) is 1. The summed E-state index contributed by atoms with van der Waals surface area (Å²) in [5.74, 6) is -1.39. The third-order valence-corrected chi connectivity index (χ3v) is 9.07. The molecule has 0 atom stereocenters. The van der Waals surface area contributed by atoms with Crippen molar-refractivity contribution in [1.29, 1.82) is 0 Å². The molecular weight excluding hydrogens is 708 g/mol. The Balaban J connectivity index is 1.45. The number of hydrogen-bond acceptors (Lipinski definition) is 9. The quantitative estimate of drug-likeness (QED) is 0.147. The topological polar surface area (TPSA) is 226 Å². The number of anilines is 1. The zero-order chi connectivity index (χ0) is 39.7. The standard InChI is InChI=1S/C37H42N12O6/c1-8-48-26(14-20(3)43-48)34(52)41-36-40-24-16-22(32(38)50)18-28(54-6)30(24)46(36)12-10-11-13-47-31-25(17-23(33(39)51)19-29(31)55-7)45(5)37(47)42-35(53)27-15-21(4)44-49(27)9-2/h10-11,14-19H,8-9,12-13H2,1-7H3,(H2,38,50)(H2,39,51)(H,40,41,52)/b11-10+,42-37+. The van der Waals surface area contributed by atoms with E-state index in [9.17, 15) is 19.2 Å². The molecule has 4 heterocycles. The number of carbonyl (C=O) groups is 4. The predicted molar refractivity (Wildman–Crippen MR) is 203 cm³/mol. The molecule has 4 aromatic heterocycles. The first-order valence-electron chi connectivity index (χ1n) is 17.4. The molecule has 0 radical (unpaired) electrons. The van der Waals surface area contributed by atoms with Crippen LogP contribution >= 0.6 is 0 Å². The number of aryl methyl sites for hydroxylation is 5. The first-order valence-corrected chi connectivity index (χ1v) is 17.4. The van der Waals surface area contributed by atoms with Crippen LogP contribution < -0.4 is 31.9 Å². The molecule has 0 aliphatic heterocycles.